The quantitative estimate of drug-likeness (QED) is 0.695. The predicted octanol–water partition coefficient (Wildman–Crippen LogP) is 4.14. The van der Waals surface area contributed by atoms with Gasteiger partial charge in [-0.25, -0.2) is 0 Å². The van der Waals surface area contributed by atoms with E-state index in [-0.39, 0.29) is 23.7 Å². The molecule has 1 saturated carbocycles. The SMILES string of the molecule is COc1ccc(Br)cc1CN(C)C(=O)C(NC(=O)C1CCCCC1)C(C)C. The van der Waals surface area contributed by atoms with Crippen molar-refractivity contribution < 1.29 is 14.3 Å². The van der Waals surface area contributed by atoms with Crippen molar-refractivity contribution in [3.05, 3.63) is 28.2 Å². The van der Waals surface area contributed by atoms with E-state index in [1.807, 2.05) is 32.0 Å². The van der Waals surface area contributed by atoms with Crippen molar-refractivity contribution in [2.24, 2.45) is 11.8 Å². The number of hydrogen-bond donors (Lipinski definition) is 1. The summed E-state index contributed by atoms with van der Waals surface area (Å²) in [5, 5.41) is 3.02. The number of nitrogens with one attached hydrogen (secondary N) is 1. The van der Waals surface area contributed by atoms with Gasteiger partial charge in [0, 0.05) is 29.5 Å². The van der Waals surface area contributed by atoms with Crippen molar-refractivity contribution in [3.63, 3.8) is 0 Å². The largest absolute Gasteiger partial charge is 0.496 e. The van der Waals surface area contributed by atoms with E-state index in [1.54, 1.807) is 19.1 Å². The van der Waals surface area contributed by atoms with Gasteiger partial charge in [-0.05, 0) is 37.0 Å². The second-order valence-electron chi connectivity index (χ2n) is 7.72. The van der Waals surface area contributed by atoms with Crippen LogP contribution < -0.4 is 10.1 Å². The molecule has 1 N–H and O–H groups in total. The molecule has 5 nitrogen and oxygen atoms in total. The molecule has 2 rings (SSSR count). The molecule has 1 atom stereocenters. The minimum Gasteiger partial charge on any atom is -0.496 e. The highest BCUT2D eigenvalue weighted by Gasteiger charge is 2.30. The molecule has 0 heterocycles. The molecule has 27 heavy (non-hydrogen) atoms. The molecule has 0 aromatic heterocycles. The van der Waals surface area contributed by atoms with Gasteiger partial charge in [-0.3, -0.25) is 9.59 Å². The van der Waals surface area contributed by atoms with Crippen LogP contribution in [0.5, 0.6) is 5.75 Å². The molecule has 2 amide bonds. The van der Waals surface area contributed by atoms with Crippen LogP contribution in [0.4, 0.5) is 0 Å². The van der Waals surface area contributed by atoms with Crippen molar-refractivity contribution in [1.29, 1.82) is 0 Å². The van der Waals surface area contributed by atoms with E-state index in [1.165, 1.54) is 6.42 Å². The molecular weight excluding hydrogens is 408 g/mol. The van der Waals surface area contributed by atoms with Gasteiger partial charge in [-0.1, -0.05) is 49.0 Å². The summed E-state index contributed by atoms with van der Waals surface area (Å²) >= 11 is 3.47. The minimum atomic E-state index is -0.512. The fourth-order valence-electron chi connectivity index (χ4n) is 3.59. The first-order chi connectivity index (χ1) is 12.8. The number of amides is 2. The van der Waals surface area contributed by atoms with E-state index < -0.39 is 6.04 Å². The van der Waals surface area contributed by atoms with Gasteiger partial charge in [0.2, 0.25) is 11.8 Å². The van der Waals surface area contributed by atoms with E-state index in [9.17, 15) is 9.59 Å². The number of likely N-dealkylation sites (N-methyl/N-ethyl adjacent to an activating group) is 1. The molecule has 6 heteroatoms. The summed E-state index contributed by atoms with van der Waals surface area (Å²) in [5.74, 6) is 0.761. The number of hydrogen-bond acceptors (Lipinski definition) is 3. The molecule has 1 aliphatic rings. The van der Waals surface area contributed by atoms with Gasteiger partial charge >= 0.3 is 0 Å². The zero-order valence-corrected chi connectivity index (χ0v) is 18.3. The number of nitrogens with zero attached hydrogens (tertiary/aromatic N) is 1. The highest BCUT2D eigenvalue weighted by atomic mass is 79.9. The number of rotatable bonds is 7. The highest BCUT2D eigenvalue weighted by Crippen LogP contribution is 2.26. The van der Waals surface area contributed by atoms with Crippen LogP contribution in [0.1, 0.15) is 51.5 Å². The Morgan fingerprint density at radius 1 is 1.26 bits per heavy atom. The lowest BCUT2D eigenvalue weighted by atomic mass is 9.88. The molecule has 1 aromatic rings. The third-order valence-corrected chi connectivity index (χ3v) is 5.73. The first-order valence-corrected chi connectivity index (χ1v) is 10.5. The van der Waals surface area contributed by atoms with Crippen LogP contribution in [0, 0.1) is 11.8 Å². The van der Waals surface area contributed by atoms with Crippen LogP contribution in [0.15, 0.2) is 22.7 Å². The van der Waals surface area contributed by atoms with Crippen LogP contribution in [0.3, 0.4) is 0 Å². The number of carbonyl (C=O) groups is 2. The smallest absolute Gasteiger partial charge is 0.245 e. The average molecular weight is 439 g/mol. The second-order valence-corrected chi connectivity index (χ2v) is 8.63. The summed E-state index contributed by atoms with van der Waals surface area (Å²) in [6.45, 7) is 4.36. The molecule has 0 bridgehead atoms. The topological polar surface area (TPSA) is 58.6 Å². The molecule has 0 saturated heterocycles. The number of carbonyl (C=O) groups excluding carboxylic acids is 2. The van der Waals surface area contributed by atoms with Gasteiger partial charge in [0.25, 0.3) is 0 Å². The molecule has 1 aromatic carbocycles. The van der Waals surface area contributed by atoms with Crippen molar-refractivity contribution in [3.8, 4) is 5.75 Å². The van der Waals surface area contributed by atoms with Gasteiger partial charge in [0.05, 0.1) is 7.11 Å². The maximum absolute atomic E-state index is 13.1. The Kier molecular flexibility index (Phi) is 8.14. The fraction of sp³-hybridized carbons (Fsp3) is 0.619. The second kappa shape index (κ2) is 10.1. The Hall–Kier alpha value is -1.56. The Labute approximate surface area is 171 Å². The number of halogens is 1. The summed E-state index contributed by atoms with van der Waals surface area (Å²) in [5.41, 5.74) is 0.920. The van der Waals surface area contributed by atoms with Crippen molar-refractivity contribution >= 4 is 27.7 Å². The maximum atomic E-state index is 13.1. The van der Waals surface area contributed by atoms with Crippen LogP contribution in [-0.2, 0) is 16.1 Å². The van der Waals surface area contributed by atoms with Crippen LogP contribution >= 0.6 is 15.9 Å². The molecule has 0 aliphatic heterocycles. The van der Waals surface area contributed by atoms with E-state index in [4.69, 9.17) is 4.74 Å². The average Bonchev–Trinajstić information content (AvgIpc) is 2.66. The van der Waals surface area contributed by atoms with Crippen molar-refractivity contribution in [2.45, 2.75) is 58.5 Å². The lowest BCUT2D eigenvalue weighted by molar-refractivity contribution is -0.138. The molecule has 150 valence electrons. The lowest BCUT2D eigenvalue weighted by Crippen LogP contribution is -2.51. The van der Waals surface area contributed by atoms with E-state index in [0.29, 0.717) is 6.54 Å². The molecule has 1 fully saturated rings. The Morgan fingerprint density at radius 2 is 1.93 bits per heavy atom. The van der Waals surface area contributed by atoms with Gasteiger partial charge in [0.15, 0.2) is 0 Å². The summed E-state index contributed by atoms with van der Waals surface area (Å²) in [6.07, 6.45) is 5.25. The molecule has 1 unspecified atom stereocenters. The van der Waals surface area contributed by atoms with Gasteiger partial charge in [-0.15, -0.1) is 0 Å². The monoisotopic (exact) mass is 438 g/mol. The number of ether oxygens (including phenoxy) is 1. The standard InChI is InChI=1S/C21H31BrN2O3/c1-14(2)19(23-20(25)15-8-6-5-7-9-15)21(26)24(3)13-16-12-17(22)10-11-18(16)27-4/h10-12,14-15,19H,5-9,13H2,1-4H3,(H,23,25). The number of methoxy groups -OCH3 is 1. The predicted molar refractivity (Wildman–Crippen MR) is 111 cm³/mol. The normalized spacial score (nSPS) is 16.1. The third kappa shape index (κ3) is 5.96. The fourth-order valence-corrected chi connectivity index (χ4v) is 4.00. The van der Waals surface area contributed by atoms with Gasteiger partial charge in [0.1, 0.15) is 11.8 Å². The lowest BCUT2D eigenvalue weighted by Gasteiger charge is -2.30. The van der Waals surface area contributed by atoms with Crippen LogP contribution in [0.2, 0.25) is 0 Å². The summed E-state index contributed by atoms with van der Waals surface area (Å²) < 4.78 is 6.34. The highest BCUT2D eigenvalue weighted by molar-refractivity contribution is 9.10. The molecule has 0 spiro atoms. The molecule has 1 aliphatic carbocycles. The first kappa shape index (κ1) is 21.7. The third-order valence-electron chi connectivity index (χ3n) is 5.23. The summed E-state index contributed by atoms with van der Waals surface area (Å²) in [6, 6.07) is 5.23. The maximum Gasteiger partial charge on any atom is 0.245 e. The number of benzene rings is 1. The molecular formula is C21H31BrN2O3. The summed E-state index contributed by atoms with van der Waals surface area (Å²) in [7, 11) is 3.39. The zero-order valence-electron chi connectivity index (χ0n) is 16.8. The van der Waals surface area contributed by atoms with Gasteiger partial charge in [-0.2, -0.15) is 0 Å². The van der Waals surface area contributed by atoms with Crippen molar-refractivity contribution in [2.75, 3.05) is 14.2 Å². The van der Waals surface area contributed by atoms with E-state index in [2.05, 4.69) is 21.2 Å². The van der Waals surface area contributed by atoms with E-state index in [0.717, 1.165) is 41.5 Å². The van der Waals surface area contributed by atoms with E-state index >= 15 is 0 Å². The Balaban J connectivity index is 2.06. The molecule has 0 radical (unpaired) electrons. The minimum absolute atomic E-state index is 0.0233. The Morgan fingerprint density at radius 3 is 2.52 bits per heavy atom. The van der Waals surface area contributed by atoms with Gasteiger partial charge < -0.3 is 15.0 Å². The Bertz CT molecular complexity index is 657. The van der Waals surface area contributed by atoms with Crippen LogP contribution in [-0.4, -0.2) is 36.9 Å². The van der Waals surface area contributed by atoms with Crippen molar-refractivity contribution in [1.82, 2.24) is 10.2 Å². The van der Waals surface area contributed by atoms with Crippen LogP contribution in [0.25, 0.3) is 0 Å². The first-order valence-electron chi connectivity index (χ1n) is 9.71. The zero-order chi connectivity index (χ0) is 20.0. The summed E-state index contributed by atoms with van der Waals surface area (Å²) in [4.78, 5) is 27.3.